The van der Waals surface area contributed by atoms with E-state index < -0.39 is 41.0 Å². The number of hydrogen-bond acceptors (Lipinski definition) is 10. The van der Waals surface area contributed by atoms with Crippen LogP contribution in [0.4, 0.5) is 5.69 Å². The van der Waals surface area contributed by atoms with Crippen molar-refractivity contribution in [3.05, 3.63) is 62.5 Å². The summed E-state index contributed by atoms with van der Waals surface area (Å²) in [5.41, 5.74) is -1.000. The number of nitro benzene ring substituents is 1. The van der Waals surface area contributed by atoms with E-state index >= 15 is 0 Å². The van der Waals surface area contributed by atoms with Gasteiger partial charge in [-0.05, 0) is 54.0 Å². The first-order valence-corrected chi connectivity index (χ1v) is 12.4. The average Bonchev–Trinajstić information content (AvgIpc) is 2.84. The Morgan fingerprint density at radius 3 is 2.05 bits per heavy atom. The van der Waals surface area contributed by atoms with E-state index in [4.69, 9.17) is 18.9 Å². The van der Waals surface area contributed by atoms with E-state index in [0.29, 0.717) is 0 Å². The molecule has 39 heavy (non-hydrogen) atoms. The van der Waals surface area contributed by atoms with E-state index in [9.17, 15) is 29.6 Å². The second-order valence-corrected chi connectivity index (χ2v) is 10.5. The SMILES string of the molecule is CC(C)OCC1=C(C(=O)O)[C@H](c2cccc([N+](=O)[O-])c2)C(C(=O)OCOC(=O)C(C)(C)C)=C(COC(C)C)N1. The molecule has 2 rings (SSSR count). The maximum Gasteiger partial charge on any atom is 0.339 e. The van der Waals surface area contributed by atoms with Gasteiger partial charge in [0.05, 0.1) is 64.2 Å². The maximum atomic E-state index is 13.5. The molecule has 0 radical (unpaired) electrons. The monoisotopic (exact) mass is 548 g/mol. The van der Waals surface area contributed by atoms with Crippen LogP contribution in [0.3, 0.4) is 0 Å². The molecule has 1 aromatic carbocycles. The molecule has 0 unspecified atom stereocenters. The Morgan fingerprint density at radius 2 is 1.56 bits per heavy atom. The van der Waals surface area contributed by atoms with Crippen LogP contribution in [0, 0.1) is 15.5 Å². The number of aliphatic carboxylic acids is 1. The molecule has 1 heterocycles. The Morgan fingerprint density at radius 1 is 1.00 bits per heavy atom. The average molecular weight is 549 g/mol. The van der Waals surface area contributed by atoms with Crippen LogP contribution in [0.5, 0.6) is 0 Å². The minimum Gasteiger partial charge on any atom is -0.478 e. The number of dihydropyridines is 1. The molecule has 1 aliphatic rings. The fourth-order valence-corrected chi connectivity index (χ4v) is 3.61. The summed E-state index contributed by atoms with van der Waals surface area (Å²) in [6, 6.07) is 5.35. The molecule has 12 heteroatoms. The van der Waals surface area contributed by atoms with Gasteiger partial charge in [-0.3, -0.25) is 14.9 Å². The lowest BCUT2D eigenvalue weighted by molar-refractivity contribution is -0.384. The van der Waals surface area contributed by atoms with E-state index in [1.807, 2.05) is 0 Å². The Hall–Kier alpha value is -3.77. The summed E-state index contributed by atoms with van der Waals surface area (Å²) in [4.78, 5) is 49.1. The first-order valence-electron chi connectivity index (χ1n) is 12.4. The van der Waals surface area contributed by atoms with Crippen molar-refractivity contribution < 1.29 is 43.4 Å². The predicted molar refractivity (Wildman–Crippen MR) is 139 cm³/mol. The molecular weight excluding hydrogens is 512 g/mol. The molecule has 1 aliphatic heterocycles. The Kier molecular flexibility index (Phi) is 10.8. The maximum absolute atomic E-state index is 13.5. The molecular formula is C27H36N2O10. The number of nitrogens with one attached hydrogen (secondary N) is 1. The molecule has 0 amide bonds. The van der Waals surface area contributed by atoms with Gasteiger partial charge in [0.1, 0.15) is 0 Å². The molecule has 0 saturated carbocycles. The van der Waals surface area contributed by atoms with Crippen molar-refractivity contribution in [1.29, 1.82) is 0 Å². The molecule has 0 saturated heterocycles. The first-order chi connectivity index (χ1) is 18.1. The lowest BCUT2D eigenvalue weighted by atomic mass is 9.80. The molecule has 12 nitrogen and oxygen atoms in total. The van der Waals surface area contributed by atoms with Crippen molar-refractivity contribution >= 4 is 23.6 Å². The number of non-ortho nitro benzene ring substituents is 1. The van der Waals surface area contributed by atoms with E-state index in [1.165, 1.54) is 24.3 Å². The van der Waals surface area contributed by atoms with Crippen molar-refractivity contribution in [2.24, 2.45) is 5.41 Å². The van der Waals surface area contributed by atoms with Gasteiger partial charge in [0.2, 0.25) is 6.79 Å². The fraction of sp³-hybridized carbons (Fsp3) is 0.519. The van der Waals surface area contributed by atoms with Crippen LogP contribution < -0.4 is 5.32 Å². The summed E-state index contributed by atoms with van der Waals surface area (Å²) in [5, 5.41) is 24.7. The smallest absolute Gasteiger partial charge is 0.339 e. The van der Waals surface area contributed by atoms with Crippen molar-refractivity contribution in [2.75, 3.05) is 20.0 Å². The van der Waals surface area contributed by atoms with Gasteiger partial charge >= 0.3 is 17.9 Å². The van der Waals surface area contributed by atoms with Gasteiger partial charge in [-0.15, -0.1) is 0 Å². The van der Waals surface area contributed by atoms with Crippen LogP contribution >= 0.6 is 0 Å². The van der Waals surface area contributed by atoms with Gasteiger partial charge in [-0.1, -0.05) is 12.1 Å². The van der Waals surface area contributed by atoms with Crippen LogP contribution in [-0.4, -0.2) is 60.2 Å². The number of hydrogen-bond donors (Lipinski definition) is 2. The number of ether oxygens (including phenoxy) is 4. The largest absolute Gasteiger partial charge is 0.478 e. The molecule has 0 aliphatic carbocycles. The predicted octanol–water partition coefficient (Wildman–Crippen LogP) is 3.81. The molecule has 1 aromatic rings. The van der Waals surface area contributed by atoms with Gasteiger partial charge < -0.3 is 29.4 Å². The Bertz CT molecular complexity index is 1160. The zero-order valence-corrected chi connectivity index (χ0v) is 23.2. The van der Waals surface area contributed by atoms with Crippen molar-refractivity contribution in [3.8, 4) is 0 Å². The molecule has 0 fully saturated rings. The Balaban J connectivity index is 2.68. The number of benzene rings is 1. The van der Waals surface area contributed by atoms with Crippen LogP contribution in [0.25, 0.3) is 0 Å². The van der Waals surface area contributed by atoms with Crippen LogP contribution in [0.15, 0.2) is 46.8 Å². The van der Waals surface area contributed by atoms with E-state index in [1.54, 1.807) is 48.5 Å². The molecule has 0 aromatic heterocycles. The number of carboxylic acid groups (broad SMARTS) is 1. The zero-order valence-electron chi connectivity index (χ0n) is 23.2. The third-order valence-corrected chi connectivity index (χ3v) is 5.51. The normalized spacial score (nSPS) is 15.9. The van der Waals surface area contributed by atoms with Gasteiger partial charge in [-0.25, -0.2) is 9.59 Å². The molecule has 2 N–H and O–H groups in total. The standard InChI is InChI=1S/C27H36N2O10/c1-15(2)36-12-19-22(24(30)31)21(17-9-8-10-18(11-17)29(34)35)23(20(28-19)13-37-16(3)4)25(32)38-14-39-26(33)27(5,6)7/h8-11,15-16,21,28H,12-14H2,1-7H3,(H,30,31)/t21-/m0/s1. The number of nitrogens with zero attached hydrogens (tertiary/aromatic N) is 1. The minimum atomic E-state index is -1.37. The molecule has 214 valence electrons. The first kappa shape index (κ1) is 31.4. The lowest BCUT2D eigenvalue weighted by Crippen LogP contribution is -2.37. The summed E-state index contributed by atoms with van der Waals surface area (Å²) in [5.74, 6) is -4.24. The Labute approximate surface area is 227 Å². The minimum absolute atomic E-state index is 0.132. The highest BCUT2D eigenvalue weighted by molar-refractivity contribution is 5.99. The lowest BCUT2D eigenvalue weighted by Gasteiger charge is -2.32. The molecule has 0 spiro atoms. The van der Waals surface area contributed by atoms with Gasteiger partial charge in [0, 0.05) is 12.1 Å². The summed E-state index contributed by atoms with van der Waals surface area (Å²) < 4.78 is 21.7. The summed E-state index contributed by atoms with van der Waals surface area (Å²) in [7, 11) is 0. The van der Waals surface area contributed by atoms with Gasteiger partial charge in [0.15, 0.2) is 0 Å². The summed E-state index contributed by atoms with van der Waals surface area (Å²) in [6.07, 6.45) is -0.491. The topological polar surface area (TPSA) is 164 Å². The van der Waals surface area contributed by atoms with Gasteiger partial charge in [0.25, 0.3) is 5.69 Å². The number of esters is 2. The highest BCUT2D eigenvalue weighted by atomic mass is 16.7. The number of carboxylic acids is 1. The van der Waals surface area contributed by atoms with Crippen molar-refractivity contribution in [2.45, 2.75) is 66.6 Å². The second kappa shape index (κ2) is 13.3. The van der Waals surface area contributed by atoms with E-state index in [0.717, 1.165) is 0 Å². The van der Waals surface area contributed by atoms with Gasteiger partial charge in [-0.2, -0.15) is 0 Å². The summed E-state index contributed by atoms with van der Waals surface area (Å²) >= 11 is 0. The van der Waals surface area contributed by atoms with Crippen LogP contribution in [-0.2, 0) is 33.3 Å². The zero-order chi connectivity index (χ0) is 29.5. The number of carbonyl (C=O) groups is 3. The van der Waals surface area contributed by atoms with E-state index in [-0.39, 0.29) is 59.2 Å². The fourth-order valence-electron chi connectivity index (χ4n) is 3.61. The van der Waals surface area contributed by atoms with E-state index in [2.05, 4.69) is 5.32 Å². The number of carbonyl (C=O) groups excluding carboxylic acids is 2. The number of rotatable bonds is 12. The molecule has 1 atom stereocenters. The highest BCUT2D eigenvalue weighted by Gasteiger charge is 2.40. The highest BCUT2D eigenvalue weighted by Crippen LogP contribution is 2.40. The third-order valence-electron chi connectivity index (χ3n) is 5.51. The van der Waals surface area contributed by atoms with Crippen molar-refractivity contribution in [1.82, 2.24) is 5.32 Å². The second-order valence-electron chi connectivity index (χ2n) is 10.5. The van der Waals surface area contributed by atoms with Crippen LogP contribution in [0.2, 0.25) is 0 Å². The summed E-state index contributed by atoms with van der Waals surface area (Å²) in [6.45, 7) is 11.0. The van der Waals surface area contributed by atoms with Crippen LogP contribution in [0.1, 0.15) is 59.9 Å². The molecule has 0 bridgehead atoms. The number of nitro groups is 1. The quantitative estimate of drug-likeness (QED) is 0.169. The van der Waals surface area contributed by atoms with Crippen molar-refractivity contribution in [3.63, 3.8) is 0 Å². The third kappa shape index (κ3) is 8.62.